The topological polar surface area (TPSA) is 102 Å². The summed E-state index contributed by atoms with van der Waals surface area (Å²) in [6.07, 6.45) is 3.23. The third-order valence-corrected chi connectivity index (χ3v) is 5.74. The molecule has 0 radical (unpaired) electrons. The summed E-state index contributed by atoms with van der Waals surface area (Å²) in [5.74, 6) is -0.128. The largest absolute Gasteiger partial charge is 0.467 e. The summed E-state index contributed by atoms with van der Waals surface area (Å²) in [5, 5.41) is 7.94. The highest BCUT2D eigenvalue weighted by molar-refractivity contribution is 6.04. The Balaban J connectivity index is 1.42. The molecule has 0 saturated carbocycles. The fourth-order valence-electron chi connectivity index (χ4n) is 4.37. The maximum atomic E-state index is 13.2. The van der Waals surface area contributed by atoms with E-state index in [4.69, 9.17) is 4.74 Å². The van der Waals surface area contributed by atoms with Crippen molar-refractivity contribution in [2.24, 2.45) is 0 Å². The fourth-order valence-corrected chi connectivity index (χ4v) is 4.37. The summed E-state index contributed by atoms with van der Waals surface area (Å²) in [7, 11) is 0. The highest BCUT2D eigenvalue weighted by Crippen LogP contribution is 2.31. The van der Waals surface area contributed by atoms with Crippen molar-refractivity contribution in [2.45, 2.75) is 33.2 Å². The van der Waals surface area contributed by atoms with Crippen molar-refractivity contribution in [1.29, 1.82) is 0 Å². The lowest BCUT2D eigenvalue weighted by molar-refractivity contribution is -0.121. The van der Waals surface area contributed by atoms with Crippen LogP contribution < -0.4 is 15.0 Å². The number of aryl methyl sites for hydroxylation is 2. The lowest BCUT2D eigenvalue weighted by Crippen LogP contribution is -2.41. The molecule has 2 amide bonds. The number of amides is 2. The number of nitrogens with one attached hydrogen (secondary N) is 1. The highest BCUT2D eigenvalue weighted by Gasteiger charge is 2.30. The molecule has 0 unspecified atom stereocenters. The predicted molar refractivity (Wildman–Crippen MR) is 128 cm³/mol. The zero-order chi connectivity index (χ0) is 23.8. The number of hydrogen-bond acceptors (Lipinski definition) is 6. The van der Waals surface area contributed by atoms with Crippen LogP contribution in [0.5, 0.6) is 5.88 Å². The van der Waals surface area contributed by atoms with Crippen molar-refractivity contribution >= 4 is 34.2 Å². The van der Waals surface area contributed by atoms with Gasteiger partial charge in [0.15, 0.2) is 12.3 Å². The quantitative estimate of drug-likeness (QED) is 0.504. The summed E-state index contributed by atoms with van der Waals surface area (Å²) in [6.45, 7) is 5.66. The SMILES string of the molecule is Cc1cc(C)cc(-n2ncc3c(OCC(=O)N4c5ccccc5NC(=O)C[C@@H]4C)ncnc32)c1. The van der Waals surface area contributed by atoms with Gasteiger partial charge in [0, 0.05) is 12.5 Å². The molecule has 0 fully saturated rings. The molecule has 0 aliphatic carbocycles. The Morgan fingerprint density at radius 1 is 1.15 bits per heavy atom. The van der Waals surface area contributed by atoms with E-state index in [1.165, 1.54) is 6.33 Å². The summed E-state index contributed by atoms with van der Waals surface area (Å²) >= 11 is 0. The van der Waals surface area contributed by atoms with Crippen molar-refractivity contribution < 1.29 is 14.3 Å². The van der Waals surface area contributed by atoms with E-state index >= 15 is 0 Å². The minimum Gasteiger partial charge on any atom is -0.467 e. The maximum Gasteiger partial charge on any atom is 0.265 e. The number of para-hydroxylation sites is 2. The van der Waals surface area contributed by atoms with E-state index < -0.39 is 0 Å². The second-order valence-electron chi connectivity index (χ2n) is 8.49. The normalized spacial score (nSPS) is 15.6. The highest BCUT2D eigenvalue weighted by atomic mass is 16.5. The van der Waals surface area contributed by atoms with Crippen LogP contribution in [0, 0.1) is 13.8 Å². The van der Waals surface area contributed by atoms with Crippen LogP contribution in [0.2, 0.25) is 0 Å². The number of carbonyl (C=O) groups is 2. The molecule has 172 valence electrons. The van der Waals surface area contributed by atoms with E-state index in [9.17, 15) is 9.59 Å². The van der Waals surface area contributed by atoms with Gasteiger partial charge in [-0.2, -0.15) is 5.10 Å². The van der Waals surface area contributed by atoms with Crippen LogP contribution in [0.15, 0.2) is 55.0 Å². The zero-order valence-corrected chi connectivity index (χ0v) is 19.1. The number of carbonyl (C=O) groups excluding carboxylic acids is 2. The van der Waals surface area contributed by atoms with Gasteiger partial charge in [-0.1, -0.05) is 18.2 Å². The molecule has 0 spiro atoms. The van der Waals surface area contributed by atoms with Crippen LogP contribution >= 0.6 is 0 Å². The van der Waals surface area contributed by atoms with E-state index in [1.54, 1.807) is 21.8 Å². The van der Waals surface area contributed by atoms with Gasteiger partial charge in [-0.05, 0) is 56.2 Å². The molecule has 4 aromatic rings. The lowest BCUT2D eigenvalue weighted by atomic mass is 10.1. The molecule has 1 aliphatic rings. The van der Waals surface area contributed by atoms with Crippen molar-refractivity contribution in [3.8, 4) is 11.6 Å². The second kappa shape index (κ2) is 8.58. The molecule has 1 atom stereocenters. The maximum absolute atomic E-state index is 13.2. The molecule has 5 rings (SSSR count). The molecule has 1 N–H and O–H groups in total. The smallest absolute Gasteiger partial charge is 0.265 e. The Kier molecular flexibility index (Phi) is 5.45. The average molecular weight is 457 g/mol. The Morgan fingerprint density at radius 3 is 2.71 bits per heavy atom. The van der Waals surface area contributed by atoms with Gasteiger partial charge in [-0.15, -0.1) is 0 Å². The van der Waals surface area contributed by atoms with Crippen LogP contribution in [-0.2, 0) is 9.59 Å². The van der Waals surface area contributed by atoms with E-state index in [0.29, 0.717) is 22.4 Å². The number of rotatable bonds is 4. The fraction of sp³-hybridized carbons (Fsp3) is 0.240. The molecule has 0 saturated heterocycles. The monoisotopic (exact) mass is 456 g/mol. The number of fused-ring (bicyclic) bond motifs is 2. The van der Waals surface area contributed by atoms with Crippen molar-refractivity contribution in [3.05, 3.63) is 66.1 Å². The Bertz CT molecular complexity index is 1390. The zero-order valence-electron chi connectivity index (χ0n) is 19.1. The molecule has 1 aliphatic heterocycles. The van der Waals surface area contributed by atoms with Gasteiger partial charge in [0.1, 0.15) is 11.7 Å². The molecule has 2 aromatic carbocycles. The van der Waals surface area contributed by atoms with Gasteiger partial charge >= 0.3 is 0 Å². The number of benzene rings is 2. The van der Waals surface area contributed by atoms with Crippen LogP contribution in [0.4, 0.5) is 11.4 Å². The minimum absolute atomic E-state index is 0.132. The van der Waals surface area contributed by atoms with Crippen LogP contribution in [0.1, 0.15) is 24.5 Å². The van der Waals surface area contributed by atoms with E-state index in [2.05, 4.69) is 26.4 Å². The number of hydrogen-bond donors (Lipinski definition) is 1. The first kappa shape index (κ1) is 21.6. The van der Waals surface area contributed by atoms with Gasteiger partial charge in [-0.3, -0.25) is 9.59 Å². The molecule has 9 nitrogen and oxygen atoms in total. The number of anilines is 2. The van der Waals surface area contributed by atoms with Gasteiger partial charge in [0.25, 0.3) is 5.91 Å². The molecule has 2 aromatic heterocycles. The lowest BCUT2D eigenvalue weighted by Gasteiger charge is -2.27. The third kappa shape index (κ3) is 3.96. The first-order chi connectivity index (χ1) is 16.4. The van der Waals surface area contributed by atoms with Gasteiger partial charge in [0.2, 0.25) is 11.8 Å². The Labute approximate surface area is 196 Å². The summed E-state index contributed by atoms with van der Waals surface area (Å²) in [5.41, 5.74) is 4.96. The average Bonchev–Trinajstić information content (AvgIpc) is 3.17. The molecular formula is C25H24N6O3. The first-order valence-electron chi connectivity index (χ1n) is 11.0. The van der Waals surface area contributed by atoms with Gasteiger partial charge in [-0.25, -0.2) is 14.6 Å². The molecule has 0 bridgehead atoms. The first-order valence-corrected chi connectivity index (χ1v) is 11.0. The number of nitrogens with zero attached hydrogens (tertiary/aromatic N) is 5. The minimum atomic E-state index is -0.322. The molecule has 9 heteroatoms. The molecule has 3 heterocycles. The Hall–Kier alpha value is -4.27. The van der Waals surface area contributed by atoms with Crippen LogP contribution in [-0.4, -0.2) is 44.2 Å². The Morgan fingerprint density at radius 2 is 1.91 bits per heavy atom. The second-order valence-corrected chi connectivity index (χ2v) is 8.49. The van der Waals surface area contributed by atoms with Crippen LogP contribution in [0.25, 0.3) is 16.7 Å². The van der Waals surface area contributed by atoms with Crippen molar-refractivity contribution in [3.63, 3.8) is 0 Å². The predicted octanol–water partition coefficient (Wildman–Crippen LogP) is 3.58. The number of aromatic nitrogens is 4. The molecule has 34 heavy (non-hydrogen) atoms. The van der Waals surface area contributed by atoms with Crippen molar-refractivity contribution in [2.75, 3.05) is 16.8 Å². The third-order valence-electron chi connectivity index (χ3n) is 5.74. The van der Waals surface area contributed by atoms with E-state index in [1.807, 2.05) is 51.1 Å². The summed E-state index contributed by atoms with van der Waals surface area (Å²) in [6, 6.07) is 13.1. The summed E-state index contributed by atoms with van der Waals surface area (Å²) in [4.78, 5) is 35.7. The van der Waals surface area contributed by atoms with Gasteiger partial charge in [0.05, 0.1) is 23.3 Å². The van der Waals surface area contributed by atoms with E-state index in [0.717, 1.165) is 16.8 Å². The van der Waals surface area contributed by atoms with Gasteiger partial charge < -0.3 is 15.0 Å². The van der Waals surface area contributed by atoms with Crippen LogP contribution in [0.3, 0.4) is 0 Å². The van der Waals surface area contributed by atoms with E-state index in [-0.39, 0.29) is 36.8 Å². The number of ether oxygens (including phenoxy) is 1. The summed E-state index contributed by atoms with van der Waals surface area (Å²) < 4.78 is 7.59. The molecular weight excluding hydrogens is 432 g/mol. The standard InChI is InChI=1S/C25H24N6O3/c1-15-8-16(2)10-18(9-15)31-24-19(12-28-31)25(27-14-26-24)34-13-23(33)30-17(3)11-22(32)29-20-6-4-5-7-21(20)30/h4-10,12,14,17H,11,13H2,1-3H3,(H,29,32)/t17-/m0/s1. The van der Waals surface area contributed by atoms with Crippen molar-refractivity contribution in [1.82, 2.24) is 19.7 Å².